The number of benzene rings is 1. The van der Waals surface area contributed by atoms with Gasteiger partial charge in [0.2, 0.25) is 5.91 Å². The topological polar surface area (TPSA) is 81.4 Å². The first-order chi connectivity index (χ1) is 14.6. The number of hydrogen-bond acceptors (Lipinski definition) is 5. The van der Waals surface area contributed by atoms with Crippen LogP contribution in [0.15, 0.2) is 29.1 Å². The number of fused-ring (bicyclic) bond motifs is 1. The molecule has 0 aliphatic carbocycles. The fourth-order valence-corrected chi connectivity index (χ4v) is 4.45. The van der Waals surface area contributed by atoms with Gasteiger partial charge in [0.25, 0.3) is 0 Å². The molecule has 0 bridgehead atoms. The first-order valence-corrected chi connectivity index (χ1v) is 10.9. The average Bonchev–Trinajstić information content (AvgIpc) is 2.91. The van der Waals surface area contributed by atoms with Gasteiger partial charge >= 0.3 is 5.69 Å². The summed E-state index contributed by atoms with van der Waals surface area (Å²) in [4.78, 5) is 27.4. The number of aromatic nitrogens is 3. The molecule has 0 unspecified atom stereocenters. The van der Waals surface area contributed by atoms with Gasteiger partial charge in [-0.1, -0.05) is 24.6 Å². The van der Waals surface area contributed by atoms with Gasteiger partial charge in [-0.15, -0.1) is 0 Å². The Labute approximate surface area is 176 Å². The smallest absolute Gasteiger partial charge is 0.346 e. The van der Waals surface area contributed by atoms with Crippen LogP contribution in [0.1, 0.15) is 43.5 Å². The normalized spacial score (nSPS) is 17.9. The van der Waals surface area contributed by atoms with E-state index < -0.39 is 0 Å². The summed E-state index contributed by atoms with van der Waals surface area (Å²) in [6.45, 7) is 3.39. The lowest BCUT2D eigenvalue weighted by Gasteiger charge is -2.32. The SMILES string of the molecule is COc1ccccc1CN1CCC(NC(=O)Cn2nc3n(c2=O)CCCCC3)CC1. The highest BCUT2D eigenvalue weighted by molar-refractivity contribution is 5.75. The van der Waals surface area contributed by atoms with Crippen molar-refractivity contribution < 1.29 is 9.53 Å². The minimum absolute atomic E-state index is 0.000260. The minimum Gasteiger partial charge on any atom is -0.496 e. The molecule has 1 saturated heterocycles. The maximum atomic E-state index is 12.5. The molecule has 2 aliphatic heterocycles. The Kier molecular flexibility index (Phi) is 6.52. The number of nitrogens with one attached hydrogen (secondary N) is 1. The van der Waals surface area contributed by atoms with Gasteiger partial charge in [0.15, 0.2) is 0 Å². The highest BCUT2D eigenvalue weighted by Crippen LogP contribution is 2.21. The van der Waals surface area contributed by atoms with E-state index in [1.165, 1.54) is 10.2 Å². The van der Waals surface area contributed by atoms with Crippen molar-refractivity contribution in [2.45, 2.75) is 64.2 Å². The molecule has 4 rings (SSSR count). The lowest BCUT2D eigenvalue weighted by Crippen LogP contribution is -2.46. The van der Waals surface area contributed by atoms with E-state index in [4.69, 9.17) is 4.74 Å². The van der Waals surface area contributed by atoms with E-state index in [1.54, 1.807) is 11.7 Å². The molecule has 30 heavy (non-hydrogen) atoms. The predicted octanol–water partition coefficient (Wildman–Crippen LogP) is 1.56. The fraction of sp³-hybridized carbons (Fsp3) is 0.591. The summed E-state index contributed by atoms with van der Waals surface area (Å²) in [7, 11) is 1.70. The van der Waals surface area contributed by atoms with Gasteiger partial charge in [0.1, 0.15) is 18.1 Å². The third kappa shape index (κ3) is 4.75. The number of amides is 1. The zero-order chi connectivity index (χ0) is 20.9. The number of piperidine rings is 1. The lowest BCUT2D eigenvalue weighted by atomic mass is 10.0. The molecule has 8 heteroatoms. The molecule has 2 aromatic rings. The van der Waals surface area contributed by atoms with Gasteiger partial charge in [-0.3, -0.25) is 14.3 Å². The molecule has 8 nitrogen and oxygen atoms in total. The Hall–Kier alpha value is -2.61. The number of carbonyl (C=O) groups is 1. The number of hydrogen-bond donors (Lipinski definition) is 1. The molecule has 0 saturated carbocycles. The second-order valence-corrected chi connectivity index (χ2v) is 8.25. The van der Waals surface area contributed by atoms with Gasteiger partial charge in [0, 0.05) is 44.2 Å². The average molecular weight is 414 g/mol. The third-order valence-electron chi connectivity index (χ3n) is 6.11. The van der Waals surface area contributed by atoms with Crippen LogP contribution in [-0.4, -0.2) is 51.4 Å². The summed E-state index contributed by atoms with van der Waals surface area (Å²) >= 11 is 0. The Morgan fingerprint density at radius 1 is 1.17 bits per heavy atom. The van der Waals surface area contributed by atoms with Crippen molar-refractivity contribution in [2.24, 2.45) is 0 Å². The number of methoxy groups -OCH3 is 1. The third-order valence-corrected chi connectivity index (χ3v) is 6.11. The number of para-hydroxylation sites is 1. The number of carbonyl (C=O) groups excluding carboxylic acids is 1. The molecule has 1 amide bonds. The quantitative estimate of drug-likeness (QED) is 0.777. The summed E-state index contributed by atoms with van der Waals surface area (Å²) in [6.07, 6.45) is 5.78. The monoisotopic (exact) mass is 413 g/mol. The number of rotatable bonds is 6. The van der Waals surface area contributed by atoms with Gasteiger partial charge in [-0.25, -0.2) is 9.48 Å². The van der Waals surface area contributed by atoms with Crippen molar-refractivity contribution in [1.82, 2.24) is 24.6 Å². The second-order valence-electron chi connectivity index (χ2n) is 8.25. The molecular weight excluding hydrogens is 382 g/mol. The zero-order valence-electron chi connectivity index (χ0n) is 17.7. The van der Waals surface area contributed by atoms with E-state index in [2.05, 4.69) is 21.4 Å². The summed E-state index contributed by atoms with van der Waals surface area (Å²) in [6, 6.07) is 8.23. The molecule has 0 atom stereocenters. The van der Waals surface area contributed by atoms with Crippen LogP contribution in [0.3, 0.4) is 0 Å². The maximum absolute atomic E-state index is 12.5. The van der Waals surface area contributed by atoms with Crippen LogP contribution in [0, 0.1) is 0 Å². The van der Waals surface area contributed by atoms with Crippen LogP contribution in [0.2, 0.25) is 0 Å². The van der Waals surface area contributed by atoms with Crippen LogP contribution in [0.5, 0.6) is 5.75 Å². The van der Waals surface area contributed by atoms with Crippen molar-refractivity contribution in [1.29, 1.82) is 0 Å². The van der Waals surface area contributed by atoms with Crippen molar-refractivity contribution in [3.63, 3.8) is 0 Å². The predicted molar refractivity (Wildman–Crippen MR) is 113 cm³/mol. The summed E-state index contributed by atoms with van der Waals surface area (Å²) in [5.74, 6) is 1.60. The van der Waals surface area contributed by atoms with Crippen molar-refractivity contribution >= 4 is 5.91 Å². The van der Waals surface area contributed by atoms with E-state index in [0.717, 1.165) is 69.7 Å². The molecule has 0 radical (unpaired) electrons. The molecule has 162 valence electrons. The fourth-order valence-electron chi connectivity index (χ4n) is 4.45. The van der Waals surface area contributed by atoms with Crippen LogP contribution < -0.4 is 15.7 Å². The number of nitrogens with zero attached hydrogens (tertiary/aromatic N) is 4. The van der Waals surface area contributed by atoms with E-state index in [1.807, 2.05) is 18.2 Å². The summed E-state index contributed by atoms with van der Waals surface area (Å²) in [5, 5.41) is 7.50. The Bertz CT molecular complexity index is 927. The number of aryl methyl sites for hydroxylation is 1. The molecule has 1 fully saturated rings. The van der Waals surface area contributed by atoms with E-state index in [-0.39, 0.29) is 24.2 Å². The molecular formula is C22H31N5O3. The van der Waals surface area contributed by atoms with E-state index in [9.17, 15) is 9.59 Å². The number of likely N-dealkylation sites (tertiary alicyclic amines) is 1. The zero-order valence-corrected chi connectivity index (χ0v) is 17.7. The minimum atomic E-state index is -0.159. The molecule has 0 spiro atoms. The summed E-state index contributed by atoms with van der Waals surface area (Å²) < 4.78 is 8.50. The molecule has 1 aromatic carbocycles. The molecule has 2 aliphatic rings. The van der Waals surface area contributed by atoms with Crippen molar-refractivity contribution in [3.05, 3.63) is 46.1 Å². The van der Waals surface area contributed by atoms with Crippen LogP contribution in [0.25, 0.3) is 0 Å². The molecule has 1 N–H and O–H groups in total. The van der Waals surface area contributed by atoms with E-state index >= 15 is 0 Å². The molecule has 3 heterocycles. The second kappa shape index (κ2) is 9.47. The van der Waals surface area contributed by atoms with Crippen molar-refractivity contribution in [3.8, 4) is 5.75 Å². The maximum Gasteiger partial charge on any atom is 0.346 e. The first-order valence-electron chi connectivity index (χ1n) is 10.9. The van der Waals surface area contributed by atoms with Crippen molar-refractivity contribution in [2.75, 3.05) is 20.2 Å². The standard InChI is InChI=1S/C22H31N5O3/c1-30-19-8-5-4-7-17(19)15-25-13-10-18(11-14-25)23-21(28)16-27-22(29)26-12-6-2-3-9-20(26)24-27/h4-5,7-8,18H,2-3,6,9-16H2,1H3,(H,23,28). The lowest BCUT2D eigenvalue weighted by molar-refractivity contribution is -0.122. The van der Waals surface area contributed by atoms with Gasteiger partial charge in [-0.2, -0.15) is 5.10 Å². The highest BCUT2D eigenvalue weighted by Gasteiger charge is 2.23. The largest absolute Gasteiger partial charge is 0.496 e. The Balaban J connectivity index is 1.27. The van der Waals surface area contributed by atoms with Crippen LogP contribution in [-0.2, 0) is 30.8 Å². The van der Waals surface area contributed by atoms with Gasteiger partial charge < -0.3 is 10.1 Å². The highest BCUT2D eigenvalue weighted by atomic mass is 16.5. The van der Waals surface area contributed by atoms with Crippen LogP contribution >= 0.6 is 0 Å². The van der Waals surface area contributed by atoms with E-state index in [0.29, 0.717) is 6.54 Å². The van der Waals surface area contributed by atoms with Gasteiger partial charge in [0.05, 0.1) is 7.11 Å². The Morgan fingerprint density at radius 2 is 1.97 bits per heavy atom. The summed E-state index contributed by atoms with van der Waals surface area (Å²) in [5.41, 5.74) is 1.02. The molecule has 1 aromatic heterocycles. The van der Waals surface area contributed by atoms with Gasteiger partial charge in [-0.05, 0) is 31.7 Å². The first kappa shape index (κ1) is 20.7. The number of ether oxygens (including phenoxy) is 1. The Morgan fingerprint density at radius 3 is 2.77 bits per heavy atom. The van der Waals surface area contributed by atoms with Crippen LogP contribution in [0.4, 0.5) is 0 Å².